The maximum Gasteiger partial charge on any atom is 0.251 e. The van der Waals surface area contributed by atoms with Crippen LogP contribution in [0.5, 0.6) is 0 Å². The fourth-order valence-electron chi connectivity index (χ4n) is 1.88. The molecule has 116 valence electrons. The summed E-state index contributed by atoms with van der Waals surface area (Å²) in [5, 5.41) is 14.4. The Morgan fingerprint density at radius 1 is 1.36 bits per heavy atom. The summed E-state index contributed by atoms with van der Waals surface area (Å²) in [6.07, 6.45) is 1.34. The van der Waals surface area contributed by atoms with Gasteiger partial charge in [0.15, 0.2) is 6.20 Å². The molecule has 2 aromatic rings. The number of amides is 1. The second kappa shape index (κ2) is 7.22. The van der Waals surface area contributed by atoms with Crippen molar-refractivity contribution >= 4 is 17.7 Å². The van der Waals surface area contributed by atoms with E-state index in [9.17, 15) is 18.8 Å². The third kappa shape index (κ3) is 4.17. The van der Waals surface area contributed by atoms with Gasteiger partial charge in [-0.25, -0.2) is 8.78 Å². The average Bonchev–Trinajstić information content (AvgIpc) is 2.46. The van der Waals surface area contributed by atoms with Gasteiger partial charge >= 0.3 is 0 Å². The Morgan fingerprint density at radius 2 is 2.14 bits per heavy atom. The molecule has 1 aromatic heterocycles. The maximum absolute atomic E-state index is 13.6. The summed E-state index contributed by atoms with van der Waals surface area (Å²) < 4.78 is 27.1. The molecule has 1 amide bonds. The van der Waals surface area contributed by atoms with E-state index in [0.29, 0.717) is 9.76 Å². The highest BCUT2D eigenvalue weighted by Gasteiger charge is 2.15. The molecule has 1 atom stereocenters. The SMILES string of the molecule is CC(NC(=O)CSc1cccc[n+]1[O-])c1ccc(F)cc1F. The van der Waals surface area contributed by atoms with Gasteiger partial charge in [0.2, 0.25) is 5.91 Å². The predicted octanol–water partition coefficient (Wildman–Crippen LogP) is 2.57. The summed E-state index contributed by atoms with van der Waals surface area (Å²) in [6.45, 7) is 1.61. The Labute approximate surface area is 130 Å². The third-order valence-electron chi connectivity index (χ3n) is 2.95. The van der Waals surface area contributed by atoms with Crippen molar-refractivity contribution in [2.24, 2.45) is 0 Å². The van der Waals surface area contributed by atoms with Crippen molar-refractivity contribution in [3.8, 4) is 0 Å². The normalized spacial score (nSPS) is 12.0. The van der Waals surface area contributed by atoms with E-state index in [4.69, 9.17) is 0 Å². The van der Waals surface area contributed by atoms with E-state index in [1.165, 1.54) is 12.3 Å². The smallest absolute Gasteiger partial charge is 0.251 e. The Balaban J connectivity index is 1.93. The number of nitrogens with one attached hydrogen (secondary N) is 1. The van der Waals surface area contributed by atoms with Crippen LogP contribution >= 0.6 is 11.8 Å². The summed E-state index contributed by atoms with van der Waals surface area (Å²) in [6, 6.07) is 7.52. The Morgan fingerprint density at radius 3 is 2.82 bits per heavy atom. The molecule has 0 spiro atoms. The van der Waals surface area contributed by atoms with Crippen LogP contribution in [-0.4, -0.2) is 11.7 Å². The molecule has 0 radical (unpaired) electrons. The number of pyridine rings is 1. The summed E-state index contributed by atoms with van der Waals surface area (Å²) >= 11 is 1.08. The van der Waals surface area contributed by atoms with Gasteiger partial charge < -0.3 is 10.5 Å². The summed E-state index contributed by atoms with van der Waals surface area (Å²) in [7, 11) is 0. The maximum atomic E-state index is 13.6. The van der Waals surface area contributed by atoms with E-state index < -0.39 is 17.7 Å². The van der Waals surface area contributed by atoms with Crippen LogP contribution in [0.25, 0.3) is 0 Å². The van der Waals surface area contributed by atoms with E-state index in [2.05, 4.69) is 5.32 Å². The van der Waals surface area contributed by atoms with E-state index in [1.54, 1.807) is 25.1 Å². The summed E-state index contributed by atoms with van der Waals surface area (Å²) in [5.41, 5.74) is 0.207. The van der Waals surface area contributed by atoms with Crippen molar-refractivity contribution in [2.75, 3.05) is 5.75 Å². The molecule has 1 N–H and O–H groups in total. The third-order valence-corrected chi connectivity index (χ3v) is 3.96. The standard InChI is InChI=1S/C15H14F2N2O2S/c1-10(12-6-5-11(16)8-13(12)17)18-14(20)9-22-15-4-2-3-7-19(15)21/h2-8,10H,9H2,1H3,(H,18,20). The first-order valence-electron chi connectivity index (χ1n) is 6.52. The van der Waals surface area contributed by atoms with Crippen LogP contribution in [0.4, 0.5) is 8.78 Å². The predicted molar refractivity (Wildman–Crippen MR) is 79.0 cm³/mol. The first kappa shape index (κ1) is 16.2. The molecule has 0 saturated carbocycles. The van der Waals surface area contributed by atoms with E-state index in [1.807, 2.05) is 0 Å². The number of halogens is 2. The number of hydrogen-bond acceptors (Lipinski definition) is 3. The van der Waals surface area contributed by atoms with E-state index in [-0.39, 0.29) is 17.2 Å². The lowest BCUT2D eigenvalue weighted by Crippen LogP contribution is -2.31. The minimum absolute atomic E-state index is 0.0272. The number of carbonyl (C=O) groups excluding carboxylic acids is 1. The number of rotatable bonds is 5. The zero-order chi connectivity index (χ0) is 16.1. The van der Waals surface area contributed by atoms with Crippen LogP contribution in [0, 0.1) is 16.8 Å². The van der Waals surface area contributed by atoms with E-state index in [0.717, 1.165) is 23.9 Å². The molecule has 22 heavy (non-hydrogen) atoms. The van der Waals surface area contributed by atoms with Gasteiger partial charge in [-0.2, -0.15) is 4.73 Å². The summed E-state index contributed by atoms with van der Waals surface area (Å²) in [4.78, 5) is 11.8. The highest BCUT2D eigenvalue weighted by atomic mass is 32.2. The lowest BCUT2D eigenvalue weighted by atomic mass is 10.1. The fourth-order valence-corrected chi connectivity index (χ4v) is 2.60. The number of hydrogen-bond donors (Lipinski definition) is 1. The highest BCUT2D eigenvalue weighted by Crippen LogP contribution is 2.18. The van der Waals surface area contributed by atoms with Crippen LogP contribution in [0.3, 0.4) is 0 Å². The lowest BCUT2D eigenvalue weighted by Gasteiger charge is -2.15. The van der Waals surface area contributed by atoms with Gasteiger partial charge in [-0.05, 0) is 30.8 Å². The number of aromatic nitrogens is 1. The molecule has 7 heteroatoms. The number of benzene rings is 1. The first-order chi connectivity index (χ1) is 10.5. The van der Waals surface area contributed by atoms with Gasteiger partial charge in [0.25, 0.3) is 5.03 Å². The molecule has 0 aliphatic rings. The van der Waals surface area contributed by atoms with Gasteiger partial charge in [-0.3, -0.25) is 4.79 Å². The van der Waals surface area contributed by atoms with Gasteiger partial charge in [-0.15, -0.1) is 0 Å². The van der Waals surface area contributed by atoms with Crippen molar-refractivity contribution in [1.82, 2.24) is 5.32 Å². The van der Waals surface area contributed by atoms with Crippen LogP contribution in [0.15, 0.2) is 47.6 Å². The van der Waals surface area contributed by atoms with Crippen molar-refractivity contribution in [2.45, 2.75) is 18.0 Å². The molecule has 0 saturated heterocycles. The topological polar surface area (TPSA) is 56.0 Å². The van der Waals surface area contributed by atoms with Gasteiger partial charge in [0, 0.05) is 23.8 Å². The van der Waals surface area contributed by atoms with Crippen molar-refractivity contribution in [3.63, 3.8) is 0 Å². The van der Waals surface area contributed by atoms with E-state index >= 15 is 0 Å². The van der Waals surface area contributed by atoms with Crippen LogP contribution < -0.4 is 10.0 Å². The van der Waals surface area contributed by atoms with Gasteiger partial charge in [-0.1, -0.05) is 6.07 Å². The molecular weight excluding hydrogens is 310 g/mol. The van der Waals surface area contributed by atoms with Gasteiger partial charge in [0.05, 0.1) is 11.8 Å². The Kier molecular flexibility index (Phi) is 5.32. The zero-order valence-corrected chi connectivity index (χ0v) is 12.6. The molecule has 1 unspecified atom stereocenters. The van der Waals surface area contributed by atoms with Crippen molar-refractivity contribution in [3.05, 3.63) is 65.0 Å². The Hall–Kier alpha value is -2.15. The monoisotopic (exact) mass is 324 g/mol. The second-order valence-corrected chi connectivity index (χ2v) is 5.60. The summed E-state index contributed by atoms with van der Waals surface area (Å²) in [5.74, 6) is -1.69. The largest absolute Gasteiger partial charge is 0.618 e. The Bertz CT molecular complexity index is 682. The molecule has 0 aliphatic carbocycles. The number of thioether (sulfide) groups is 1. The number of nitrogens with zero attached hydrogens (tertiary/aromatic N) is 1. The zero-order valence-electron chi connectivity index (χ0n) is 11.8. The molecule has 2 rings (SSSR count). The van der Waals surface area contributed by atoms with Gasteiger partial charge in [0.1, 0.15) is 11.6 Å². The molecular formula is C15H14F2N2O2S. The molecule has 1 heterocycles. The number of carbonyl (C=O) groups is 1. The quantitative estimate of drug-likeness (QED) is 0.522. The van der Waals surface area contributed by atoms with Crippen LogP contribution in [-0.2, 0) is 4.79 Å². The highest BCUT2D eigenvalue weighted by molar-refractivity contribution is 7.99. The van der Waals surface area contributed by atoms with Crippen LogP contribution in [0.2, 0.25) is 0 Å². The first-order valence-corrected chi connectivity index (χ1v) is 7.51. The molecule has 1 aromatic carbocycles. The molecule has 0 bridgehead atoms. The average molecular weight is 324 g/mol. The lowest BCUT2D eigenvalue weighted by molar-refractivity contribution is -0.645. The fraction of sp³-hybridized carbons (Fsp3) is 0.200. The minimum atomic E-state index is -0.707. The molecule has 4 nitrogen and oxygen atoms in total. The minimum Gasteiger partial charge on any atom is -0.618 e. The van der Waals surface area contributed by atoms with Crippen LogP contribution in [0.1, 0.15) is 18.5 Å². The molecule has 0 aliphatic heterocycles. The second-order valence-electron chi connectivity index (χ2n) is 4.61. The molecule has 0 fully saturated rings. The van der Waals surface area contributed by atoms with Crippen molar-refractivity contribution < 1.29 is 18.3 Å². The van der Waals surface area contributed by atoms with Crippen molar-refractivity contribution in [1.29, 1.82) is 0 Å².